The van der Waals surface area contributed by atoms with Crippen molar-refractivity contribution in [2.24, 2.45) is 0 Å². The van der Waals surface area contributed by atoms with Gasteiger partial charge in [-0.15, -0.1) is 11.3 Å². The van der Waals surface area contributed by atoms with Gasteiger partial charge in [0, 0.05) is 29.7 Å². The van der Waals surface area contributed by atoms with Crippen LogP contribution in [0.25, 0.3) is 21.8 Å². The number of carbonyl (C=O) groups is 1. The summed E-state index contributed by atoms with van der Waals surface area (Å²) in [5, 5.41) is 7.85. The van der Waals surface area contributed by atoms with E-state index in [1.54, 1.807) is 22.7 Å². The summed E-state index contributed by atoms with van der Waals surface area (Å²) in [4.78, 5) is 28.8. The highest BCUT2D eigenvalue weighted by Crippen LogP contribution is 2.35. The summed E-state index contributed by atoms with van der Waals surface area (Å²) in [5.41, 5.74) is 3.91. The summed E-state index contributed by atoms with van der Waals surface area (Å²) >= 11 is 3.28. The molecule has 0 atom stereocenters. The summed E-state index contributed by atoms with van der Waals surface area (Å²) in [5.74, 6) is 0.577. The number of rotatable bonds is 3. The molecule has 3 aromatic heterocycles. The minimum atomic E-state index is -0.000696. The van der Waals surface area contributed by atoms with Crippen molar-refractivity contribution in [1.82, 2.24) is 20.3 Å². The number of amides is 1. The number of anilines is 1. The summed E-state index contributed by atoms with van der Waals surface area (Å²) in [6.07, 6.45) is 1.85. The van der Waals surface area contributed by atoms with E-state index < -0.39 is 0 Å². The Balaban J connectivity index is 1.82. The molecule has 0 radical (unpaired) electrons. The number of nitrogens with one attached hydrogen (secondary N) is 1. The Kier molecular flexibility index (Phi) is 4.22. The number of thiophene rings is 1. The third kappa shape index (κ3) is 3.14. The van der Waals surface area contributed by atoms with Gasteiger partial charge in [-0.3, -0.25) is 4.79 Å². The molecule has 1 fully saturated rings. The second-order valence-corrected chi connectivity index (χ2v) is 7.86. The van der Waals surface area contributed by atoms with Crippen LogP contribution in [-0.2, 0) is 4.79 Å². The van der Waals surface area contributed by atoms with Crippen molar-refractivity contribution in [2.75, 3.05) is 24.5 Å². The molecule has 8 heteroatoms. The average Bonchev–Trinajstić information content (AvgIpc) is 3.25. The van der Waals surface area contributed by atoms with E-state index in [-0.39, 0.29) is 12.5 Å². The van der Waals surface area contributed by atoms with Gasteiger partial charge in [-0.25, -0.2) is 15.0 Å². The van der Waals surface area contributed by atoms with E-state index in [0.29, 0.717) is 19.0 Å². The fourth-order valence-corrected chi connectivity index (χ4v) is 4.27. The van der Waals surface area contributed by atoms with Gasteiger partial charge in [0.05, 0.1) is 12.2 Å². The van der Waals surface area contributed by atoms with E-state index in [4.69, 9.17) is 4.98 Å². The molecule has 4 heterocycles. The molecule has 6 nitrogen and oxygen atoms in total. The quantitative estimate of drug-likeness (QED) is 0.766. The lowest BCUT2D eigenvalue weighted by Gasteiger charge is -2.26. The van der Waals surface area contributed by atoms with Gasteiger partial charge in [-0.05, 0) is 36.2 Å². The zero-order valence-electron chi connectivity index (χ0n) is 13.9. The molecule has 0 aliphatic carbocycles. The molecule has 3 aromatic rings. The molecule has 0 aromatic carbocycles. The fourth-order valence-electron chi connectivity index (χ4n) is 2.70. The third-order valence-corrected chi connectivity index (χ3v) is 5.92. The molecule has 1 amide bonds. The van der Waals surface area contributed by atoms with Crippen molar-refractivity contribution in [1.29, 1.82) is 0 Å². The van der Waals surface area contributed by atoms with Gasteiger partial charge in [0.15, 0.2) is 0 Å². The van der Waals surface area contributed by atoms with Crippen LogP contribution in [0.15, 0.2) is 23.0 Å². The number of carbonyl (C=O) groups excluding carboxylic acids is 1. The Hall–Kier alpha value is -2.32. The van der Waals surface area contributed by atoms with Crippen LogP contribution < -0.4 is 10.2 Å². The zero-order valence-corrected chi connectivity index (χ0v) is 15.6. The number of thiazole rings is 1. The van der Waals surface area contributed by atoms with E-state index in [2.05, 4.69) is 33.7 Å². The van der Waals surface area contributed by atoms with Gasteiger partial charge in [-0.2, -0.15) is 11.3 Å². The van der Waals surface area contributed by atoms with Crippen molar-refractivity contribution in [3.05, 3.63) is 33.6 Å². The molecular formula is C17H17N5OS2. The first-order chi connectivity index (χ1) is 12.1. The van der Waals surface area contributed by atoms with Gasteiger partial charge in [0.1, 0.15) is 10.7 Å². The lowest BCUT2D eigenvalue weighted by molar-refractivity contribution is -0.120. The van der Waals surface area contributed by atoms with Gasteiger partial charge < -0.3 is 10.2 Å². The maximum Gasteiger partial charge on any atom is 0.239 e. The zero-order chi connectivity index (χ0) is 17.4. The Labute approximate surface area is 153 Å². The van der Waals surface area contributed by atoms with Crippen LogP contribution in [0.2, 0.25) is 0 Å². The van der Waals surface area contributed by atoms with Gasteiger partial charge in [0.2, 0.25) is 11.9 Å². The first kappa shape index (κ1) is 16.2. The topological polar surface area (TPSA) is 71.0 Å². The summed E-state index contributed by atoms with van der Waals surface area (Å²) in [6, 6.07) is 2.06. The summed E-state index contributed by atoms with van der Waals surface area (Å²) in [7, 11) is 0. The fraction of sp³-hybridized carbons (Fsp3) is 0.294. The molecular weight excluding hydrogens is 354 g/mol. The molecule has 4 rings (SSSR count). The van der Waals surface area contributed by atoms with Crippen molar-refractivity contribution >= 4 is 34.5 Å². The standard InChI is InChI=1S/C17H17N5OS2/c1-10-11(2)25-16(20-10)15-13(12-3-6-24-9-12)7-19-17(21-15)22-5-4-18-14(23)8-22/h3,6-7,9H,4-5,8H2,1-2H3,(H,18,23). The highest BCUT2D eigenvalue weighted by molar-refractivity contribution is 7.15. The monoisotopic (exact) mass is 371 g/mol. The molecule has 1 N–H and O–H groups in total. The molecule has 0 bridgehead atoms. The van der Waals surface area contributed by atoms with Crippen molar-refractivity contribution in [3.63, 3.8) is 0 Å². The molecule has 0 spiro atoms. The van der Waals surface area contributed by atoms with E-state index in [1.165, 1.54) is 4.88 Å². The van der Waals surface area contributed by atoms with Crippen molar-refractivity contribution < 1.29 is 4.79 Å². The van der Waals surface area contributed by atoms with Gasteiger partial charge in [-0.1, -0.05) is 0 Å². The van der Waals surface area contributed by atoms with Crippen molar-refractivity contribution in [3.8, 4) is 21.8 Å². The number of piperazine rings is 1. The predicted molar refractivity (Wildman–Crippen MR) is 101 cm³/mol. The highest BCUT2D eigenvalue weighted by Gasteiger charge is 2.22. The second kappa shape index (κ2) is 6.53. The van der Waals surface area contributed by atoms with E-state index in [9.17, 15) is 4.79 Å². The van der Waals surface area contributed by atoms with Gasteiger partial charge >= 0.3 is 0 Å². The lowest BCUT2D eigenvalue weighted by Crippen LogP contribution is -2.48. The van der Waals surface area contributed by atoms with E-state index in [1.807, 2.05) is 23.4 Å². The van der Waals surface area contributed by atoms with Gasteiger partial charge in [0.25, 0.3) is 0 Å². The average molecular weight is 371 g/mol. The Morgan fingerprint density at radius 2 is 2.16 bits per heavy atom. The lowest BCUT2D eigenvalue weighted by atomic mass is 10.1. The smallest absolute Gasteiger partial charge is 0.239 e. The largest absolute Gasteiger partial charge is 0.353 e. The van der Waals surface area contributed by atoms with Crippen molar-refractivity contribution in [2.45, 2.75) is 13.8 Å². The van der Waals surface area contributed by atoms with E-state index >= 15 is 0 Å². The number of aromatic nitrogens is 3. The van der Waals surface area contributed by atoms with E-state index in [0.717, 1.165) is 27.5 Å². The van der Waals surface area contributed by atoms with Crippen LogP contribution in [0, 0.1) is 13.8 Å². The molecule has 1 aliphatic heterocycles. The number of hydrogen-bond acceptors (Lipinski definition) is 7. The Bertz CT molecular complexity index is 900. The maximum absolute atomic E-state index is 11.7. The molecule has 0 saturated carbocycles. The number of hydrogen-bond donors (Lipinski definition) is 1. The third-order valence-electron chi connectivity index (χ3n) is 4.16. The summed E-state index contributed by atoms with van der Waals surface area (Å²) < 4.78 is 0. The van der Waals surface area contributed by atoms with Crippen LogP contribution in [0.1, 0.15) is 10.6 Å². The molecule has 1 aliphatic rings. The highest BCUT2D eigenvalue weighted by atomic mass is 32.1. The molecule has 1 saturated heterocycles. The second-order valence-electron chi connectivity index (χ2n) is 5.88. The van der Waals surface area contributed by atoms with Crippen LogP contribution in [0.4, 0.5) is 5.95 Å². The maximum atomic E-state index is 11.7. The first-order valence-corrected chi connectivity index (χ1v) is 9.73. The minimum absolute atomic E-state index is 0.000696. The van der Waals surface area contributed by atoms with Crippen LogP contribution in [0.3, 0.4) is 0 Å². The Morgan fingerprint density at radius 1 is 1.28 bits per heavy atom. The van der Waals surface area contributed by atoms with Crippen LogP contribution in [0.5, 0.6) is 0 Å². The van der Waals surface area contributed by atoms with Crippen LogP contribution >= 0.6 is 22.7 Å². The van der Waals surface area contributed by atoms with Crippen LogP contribution in [-0.4, -0.2) is 40.5 Å². The summed E-state index contributed by atoms with van der Waals surface area (Å²) in [6.45, 7) is 5.68. The SMILES string of the molecule is Cc1nc(-c2nc(N3CCNC(=O)C3)ncc2-c2ccsc2)sc1C. The number of aryl methyl sites for hydroxylation is 2. The Morgan fingerprint density at radius 3 is 2.84 bits per heavy atom. The normalized spacial score (nSPS) is 14.6. The first-order valence-electron chi connectivity index (χ1n) is 7.97. The number of nitrogens with zero attached hydrogens (tertiary/aromatic N) is 4. The minimum Gasteiger partial charge on any atom is -0.353 e. The molecule has 128 valence electrons. The molecule has 25 heavy (non-hydrogen) atoms. The predicted octanol–water partition coefficient (Wildman–Crippen LogP) is 2.88. The molecule has 0 unspecified atom stereocenters.